The van der Waals surface area contributed by atoms with E-state index in [0.29, 0.717) is 36.6 Å². The Morgan fingerprint density at radius 1 is 1.15 bits per heavy atom. The Kier molecular flexibility index (Phi) is 5.72. The minimum absolute atomic E-state index is 0.0148. The van der Waals surface area contributed by atoms with Gasteiger partial charge in [-0.2, -0.15) is 5.26 Å². The molecule has 138 valence electrons. The zero-order chi connectivity index (χ0) is 19.2. The fraction of sp³-hybridized carbons (Fsp3) is 0.286. The van der Waals surface area contributed by atoms with Gasteiger partial charge in [-0.3, -0.25) is 9.59 Å². The monoisotopic (exact) mass is 363 g/mol. The van der Waals surface area contributed by atoms with E-state index in [1.165, 1.54) is 0 Å². The minimum atomic E-state index is -0.200. The van der Waals surface area contributed by atoms with Gasteiger partial charge in [-0.1, -0.05) is 19.1 Å². The van der Waals surface area contributed by atoms with Gasteiger partial charge < -0.3 is 14.5 Å². The number of anilines is 1. The third-order valence-corrected chi connectivity index (χ3v) is 4.40. The fourth-order valence-electron chi connectivity index (χ4n) is 2.99. The van der Waals surface area contributed by atoms with Crippen LogP contribution in [0.1, 0.15) is 29.3 Å². The van der Waals surface area contributed by atoms with E-state index in [2.05, 4.69) is 6.07 Å². The molecule has 0 aliphatic carbocycles. The molecule has 0 unspecified atom stereocenters. The summed E-state index contributed by atoms with van der Waals surface area (Å²) in [6, 6.07) is 16.1. The molecule has 0 atom stereocenters. The van der Waals surface area contributed by atoms with Gasteiger partial charge in [0.25, 0.3) is 5.91 Å². The van der Waals surface area contributed by atoms with E-state index < -0.39 is 0 Å². The summed E-state index contributed by atoms with van der Waals surface area (Å²) in [5, 5.41) is 8.89. The molecule has 0 radical (unpaired) electrons. The molecule has 0 spiro atoms. The largest absolute Gasteiger partial charge is 0.493 e. The van der Waals surface area contributed by atoms with Crippen LogP contribution in [-0.2, 0) is 4.79 Å². The van der Waals surface area contributed by atoms with E-state index in [-0.39, 0.29) is 18.4 Å². The zero-order valence-corrected chi connectivity index (χ0v) is 15.2. The first-order chi connectivity index (χ1) is 13.1. The van der Waals surface area contributed by atoms with Crippen LogP contribution in [0.5, 0.6) is 5.75 Å². The maximum absolute atomic E-state index is 12.9. The molecule has 3 rings (SSSR count). The number of ether oxygens (including phenoxy) is 1. The number of hydrogen-bond acceptors (Lipinski definition) is 4. The Morgan fingerprint density at radius 3 is 2.56 bits per heavy atom. The SMILES string of the molecule is CCCOc1ccccc1C(=O)N1CCN(c2ccc(C#N)cc2)C(=O)C1. The number of para-hydroxylation sites is 1. The molecule has 27 heavy (non-hydrogen) atoms. The second-order valence-corrected chi connectivity index (χ2v) is 6.28. The molecule has 1 heterocycles. The normalized spacial score (nSPS) is 14.0. The summed E-state index contributed by atoms with van der Waals surface area (Å²) in [7, 11) is 0. The summed E-state index contributed by atoms with van der Waals surface area (Å²) in [6.45, 7) is 3.41. The van der Waals surface area contributed by atoms with Crippen LogP contribution in [0.3, 0.4) is 0 Å². The number of carbonyl (C=O) groups is 2. The molecule has 0 aromatic heterocycles. The van der Waals surface area contributed by atoms with Gasteiger partial charge in [0.2, 0.25) is 5.91 Å². The van der Waals surface area contributed by atoms with Gasteiger partial charge in [-0.15, -0.1) is 0 Å². The van der Waals surface area contributed by atoms with Crippen LogP contribution in [0, 0.1) is 11.3 Å². The first-order valence-electron chi connectivity index (χ1n) is 8.95. The number of hydrogen-bond donors (Lipinski definition) is 0. The highest BCUT2D eigenvalue weighted by molar-refractivity contribution is 6.02. The molecule has 2 amide bonds. The Morgan fingerprint density at radius 2 is 1.89 bits per heavy atom. The van der Waals surface area contributed by atoms with Crippen LogP contribution in [0.2, 0.25) is 0 Å². The van der Waals surface area contributed by atoms with Crippen molar-refractivity contribution in [2.45, 2.75) is 13.3 Å². The standard InChI is InChI=1S/C21H21N3O3/c1-2-13-27-19-6-4-3-5-18(19)21(26)23-11-12-24(20(25)15-23)17-9-7-16(14-22)8-10-17/h3-10H,2,11-13,15H2,1H3. The molecule has 2 aromatic carbocycles. The smallest absolute Gasteiger partial charge is 0.258 e. The first-order valence-corrected chi connectivity index (χ1v) is 8.95. The van der Waals surface area contributed by atoms with Crippen molar-refractivity contribution in [3.63, 3.8) is 0 Å². The van der Waals surface area contributed by atoms with Gasteiger partial charge in [0, 0.05) is 18.8 Å². The Balaban J connectivity index is 1.71. The number of amides is 2. The highest BCUT2D eigenvalue weighted by Crippen LogP contribution is 2.23. The van der Waals surface area contributed by atoms with E-state index in [4.69, 9.17) is 10.00 Å². The zero-order valence-electron chi connectivity index (χ0n) is 15.2. The quantitative estimate of drug-likeness (QED) is 0.819. The van der Waals surface area contributed by atoms with E-state index in [0.717, 1.165) is 12.1 Å². The van der Waals surface area contributed by atoms with Crippen molar-refractivity contribution in [3.8, 4) is 11.8 Å². The van der Waals surface area contributed by atoms with Gasteiger partial charge in [0.1, 0.15) is 12.3 Å². The van der Waals surface area contributed by atoms with Crippen molar-refractivity contribution in [1.82, 2.24) is 4.90 Å². The van der Waals surface area contributed by atoms with Gasteiger partial charge in [-0.05, 0) is 42.8 Å². The van der Waals surface area contributed by atoms with Crippen molar-refractivity contribution in [3.05, 3.63) is 59.7 Å². The Labute approximate surface area is 158 Å². The molecule has 0 saturated carbocycles. The molecular formula is C21H21N3O3. The lowest BCUT2D eigenvalue weighted by atomic mass is 10.1. The third-order valence-electron chi connectivity index (χ3n) is 4.40. The second kappa shape index (κ2) is 8.37. The lowest BCUT2D eigenvalue weighted by Crippen LogP contribution is -2.52. The number of nitriles is 1. The molecule has 1 saturated heterocycles. The molecular weight excluding hydrogens is 342 g/mol. The van der Waals surface area contributed by atoms with Crippen molar-refractivity contribution in [1.29, 1.82) is 5.26 Å². The predicted octanol–water partition coefficient (Wildman–Crippen LogP) is 2.84. The number of nitrogens with zero attached hydrogens (tertiary/aromatic N) is 3. The molecule has 1 aliphatic rings. The van der Waals surface area contributed by atoms with Crippen LogP contribution in [0.15, 0.2) is 48.5 Å². The summed E-state index contributed by atoms with van der Waals surface area (Å²) in [4.78, 5) is 28.7. The average molecular weight is 363 g/mol. The molecule has 1 fully saturated rings. The van der Waals surface area contributed by atoms with E-state index in [1.807, 2.05) is 13.0 Å². The minimum Gasteiger partial charge on any atom is -0.493 e. The molecule has 6 nitrogen and oxygen atoms in total. The van der Waals surface area contributed by atoms with Crippen LogP contribution >= 0.6 is 0 Å². The van der Waals surface area contributed by atoms with Crippen LogP contribution in [0.4, 0.5) is 5.69 Å². The van der Waals surface area contributed by atoms with Crippen molar-refractivity contribution in [2.24, 2.45) is 0 Å². The summed E-state index contributed by atoms with van der Waals surface area (Å²) < 4.78 is 5.67. The predicted molar refractivity (Wildman–Crippen MR) is 102 cm³/mol. The van der Waals surface area contributed by atoms with E-state index >= 15 is 0 Å². The van der Waals surface area contributed by atoms with Gasteiger partial charge in [0.15, 0.2) is 0 Å². The topological polar surface area (TPSA) is 73.6 Å². The average Bonchev–Trinajstić information content (AvgIpc) is 2.72. The number of carbonyl (C=O) groups excluding carboxylic acids is 2. The van der Waals surface area contributed by atoms with Gasteiger partial charge >= 0.3 is 0 Å². The van der Waals surface area contributed by atoms with Crippen molar-refractivity contribution < 1.29 is 14.3 Å². The third kappa shape index (κ3) is 4.09. The Hall–Kier alpha value is -3.33. The highest BCUT2D eigenvalue weighted by Gasteiger charge is 2.29. The van der Waals surface area contributed by atoms with E-state index in [9.17, 15) is 9.59 Å². The van der Waals surface area contributed by atoms with Crippen LogP contribution in [0.25, 0.3) is 0 Å². The molecule has 0 bridgehead atoms. The van der Waals surface area contributed by atoms with Crippen molar-refractivity contribution in [2.75, 3.05) is 31.1 Å². The summed E-state index contributed by atoms with van der Waals surface area (Å²) in [6.07, 6.45) is 0.851. The Bertz CT molecular complexity index is 871. The van der Waals surface area contributed by atoms with Crippen LogP contribution in [-0.4, -0.2) is 43.0 Å². The molecule has 6 heteroatoms. The first kappa shape index (κ1) is 18.5. The van der Waals surface area contributed by atoms with Gasteiger partial charge in [-0.25, -0.2) is 0 Å². The van der Waals surface area contributed by atoms with Gasteiger partial charge in [0.05, 0.1) is 23.8 Å². The molecule has 1 aliphatic heterocycles. The van der Waals surface area contributed by atoms with Crippen LogP contribution < -0.4 is 9.64 Å². The number of rotatable bonds is 5. The fourth-order valence-corrected chi connectivity index (χ4v) is 2.99. The van der Waals surface area contributed by atoms with Crippen molar-refractivity contribution >= 4 is 17.5 Å². The molecule has 0 N–H and O–H groups in total. The maximum Gasteiger partial charge on any atom is 0.258 e. The summed E-state index contributed by atoms with van der Waals surface area (Å²) >= 11 is 0. The molecule has 2 aromatic rings. The summed E-state index contributed by atoms with van der Waals surface area (Å²) in [5.74, 6) is 0.201. The lowest BCUT2D eigenvalue weighted by molar-refractivity contribution is -0.120. The second-order valence-electron chi connectivity index (χ2n) is 6.28. The lowest BCUT2D eigenvalue weighted by Gasteiger charge is -2.34. The number of piperazine rings is 1. The highest BCUT2D eigenvalue weighted by atomic mass is 16.5. The maximum atomic E-state index is 12.9. The summed E-state index contributed by atoms with van der Waals surface area (Å²) in [5.41, 5.74) is 1.76. The number of benzene rings is 2. The van der Waals surface area contributed by atoms with E-state index in [1.54, 1.807) is 52.3 Å².